The predicted molar refractivity (Wildman–Crippen MR) is 124 cm³/mol. The van der Waals surface area contributed by atoms with Crippen molar-refractivity contribution in [2.75, 3.05) is 46.3 Å². The summed E-state index contributed by atoms with van der Waals surface area (Å²) in [7, 11) is 2.19. The monoisotopic (exact) mass is 411 g/mol. The molecule has 0 N–H and O–H groups in total. The van der Waals surface area contributed by atoms with Gasteiger partial charge in [0.2, 0.25) is 0 Å². The van der Waals surface area contributed by atoms with Crippen molar-refractivity contribution in [3.63, 3.8) is 0 Å². The second-order valence-corrected chi connectivity index (χ2v) is 13.2. The quantitative estimate of drug-likeness (QED) is 0.575. The first kappa shape index (κ1) is 25.1. The molecule has 0 bridgehead atoms. The number of nitrogens with zero attached hydrogens (tertiary/aromatic N) is 3. The Morgan fingerprint density at radius 1 is 0.655 bits per heavy atom. The first-order chi connectivity index (χ1) is 13.0. The molecule has 0 aromatic carbocycles. The second kappa shape index (κ2) is 8.39. The van der Waals surface area contributed by atoms with Gasteiger partial charge in [-0.1, -0.05) is 34.6 Å². The second-order valence-electron chi connectivity index (χ2n) is 13.2. The normalized spacial score (nSPS) is 24.1. The Hall–Kier alpha value is -0.190. The van der Waals surface area contributed by atoms with Gasteiger partial charge >= 0.3 is 0 Å². The summed E-state index contributed by atoms with van der Waals surface area (Å²) in [5.74, 6) is 0. The third-order valence-corrected chi connectivity index (χ3v) is 7.82. The number of alkyl halides is 1. The van der Waals surface area contributed by atoms with Gasteiger partial charge in [-0.3, -0.25) is 9.80 Å². The van der Waals surface area contributed by atoms with Crippen LogP contribution in [-0.4, -0.2) is 77.8 Å². The molecule has 2 aliphatic rings. The van der Waals surface area contributed by atoms with Crippen LogP contribution in [0, 0.1) is 10.8 Å². The Morgan fingerprint density at radius 3 is 1.52 bits per heavy atom. The third-order valence-electron chi connectivity index (χ3n) is 7.82. The van der Waals surface area contributed by atoms with Crippen LogP contribution in [0.1, 0.15) is 88.0 Å². The SMILES string of the molecule is CN1CCN(C(C)(C)CC(C)(C)C2(F)CCN(C(C)(C)CC(C)(C)C)CC2)CC1. The van der Waals surface area contributed by atoms with Gasteiger partial charge in [0.05, 0.1) is 0 Å². The Kier molecular flexibility index (Phi) is 7.25. The van der Waals surface area contributed by atoms with Crippen molar-refractivity contribution >= 4 is 0 Å². The fourth-order valence-electron chi connectivity index (χ4n) is 6.32. The number of likely N-dealkylation sites (N-methyl/N-ethyl adjacent to an activating group) is 1. The molecule has 2 heterocycles. The molecular weight excluding hydrogens is 361 g/mol. The highest BCUT2D eigenvalue weighted by Crippen LogP contribution is 2.49. The molecule has 4 heteroatoms. The summed E-state index contributed by atoms with van der Waals surface area (Å²) in [5, 5.41) is 0. The molecule has 0 aromatic rings. The van der Waals surface area contributed by atoms with E-state index in [0.29, 0.717) is 18.3 Å². The van der Waals surface area contributed by atoms with E-state index < -0.39 is 5.67 Å². The van der Waals surface area contributed by atoms with Crippen molar-refractivity contribution < 1.29 is 4.39 Å². The highest BCUT2D eigenvalue weighted by molar-refractivity contribution is 5.03. The molecule has 2 saturated heterocycles. The number of hydrogen-bond donors (Lipinski definition) is 0. The van der Waals surface area contributed by atoms with E-state index in [4.69, 9.17) is 0 Å². The number of hydrogen-bond acceptors (Lipinski definition) is 3. The zero-order valence-electron chi connectivity index (χ0n) is 21.3. The van der Waals surface area contributed by atoms with E-state index in [-0.39, 0.29) is 16.5 Å². The molecular formula is C25H50FN3. The lowest BCUT2D eigenvalue weighted by Gasteiger charge is -2.54. The van der Waals surface area contributed by atoms with E-state index in [9.17, 15) is 0 Å². The molecule has 2 rings (SSSR count). The lowest BCUT2D eigenvalue weighted by molar-refractivity contribution is -0.0873. The van der Waals surface area contributed by atoms with Crippen LogP contribution in [0.25, 0.3) is 0 Å². The molecule has 0 saturated carbocycles. The number of piperazine rings is 1. The number of piperidine rings is 1. The molecule has 0 aliphatic carbocycles. The number of halogens is 1. The van der Waals surface area contributed by atoms with Crippen LogP contribution in [0.3, 0.4) is 0 Å². The van der Waals surface area contributed by atoms with Gasteiger partial charge in [-0.05, 0) is 65.8 Å². The van der Waals surface area contributed by atoms with Gasteiger partial charge in [-0.2, -0.15) is 0 Å². The predicted octanol–water partition coefficient (Wildman–Crippen LogP) is 5.45. The molecule has 3 nitrogen and oxygen atoms in total. The number of likely N-dealkylation sites (tertiary alicyclic amines) is 1. The van der Waals surface area contributed by atoms with Crippen LogP contribution in [0.4, 0.5) is 4.39 Å². The smallest absolute Gasteiger partial charge is 0.118 e. The maximum absolute atomic E-state index is 16.4. The van der Waals surface area contributed by atoms with Crippen LogP contribution in [-0.2, 0) is 0 Å². The largest absolute Gasteiger partial charge is 0.304 e. The van der Waals surface area contributed by atoms with Gasteiger partial charge in [0, 0.05) is 55.8 Å². The van der Waals surface area contributed by atoms with Crippen LogP contribution >= 0.6 is 0 Å². The van der Waals surface area contributed by atoms with E-state index in [2.05, 4.69) is 84.1 Å². The summed E-state index contributed by atoms with van der Waals surface area (Å²) >= 11 is 0. The first-order valence-corrected chi connectivity index (χ1v) is 11.9. The van der Waals surface area contributed by atoms with Crippen LogP contribution < -0.4 is 0 Å². The molecule has 2 fully saturated rings. The summed E-state index contributed by atoms with van der Waals surface area (Å²) in [6.45, 7) is 26.8. The summed E-state index contributed by atoms with van der Waals surface area (Å²) in [6.07, 6.45) is 3.36. The maximum Gasteiger partial charge on any atom is 0.118 e. The third kappa shape index (κ3) is 6.17. The topological polar surface area (TPSA) is 9.72 Å². The molecule has 2 aliphatic heterocycles. The fraction of sp³-hybridized carbons (Fsp3) is 1.00. The summed E-state index contributed by atoms with van der Waals surface area (Å²) in [4.78, 5) is 7.51. The lowest BCUT2D eigenvalue weighted by atomic mass is 9.65. The molecule has 29 heavy (non-hydrogen) atoms. The highest BCUT2D eigenvalue weighted by Gasteiger charge is 2.51. The van der Waals surface area contributed by atoms with E-state index in [1.807, 2.05) is 0 Å². The highest BCUT2D eigenvalue weighted by atomic mass is 19.1. The van der Waals surface area contributed by atoms with Gasteiger partial charge < -0.3 is 4.90 Å². The van der Waals surface area contributed by atoms with Crippen LogP contribution in [0.15, 0.2) is 0 Å². The molecule has 0 amide bonds. The summed E-state index contributed by atoms with van der Waals surface area (Å²) in [5.41, 5.74) is -0.944. The molecule has 0 atom stereocenters. The molecule has 0 aromatic heterocycles. The zero-order valence-corrected chi connectivity index (χ0v) is 21.3. The summed E-state index contributed by atoms with van der Waals surface area (Å²) in [6, 6.07) is 0. The van der Waals surface area contributed by atoms with Crippen LogP contribution in [0.5, 0.6) is 0 Å². The van der Waals surface area contributed by atoms with Crippen molar-refractivity contribution in [2.45, 2.75) is 105 Å². The van der Waals surface area contributed by atoms with Crippen molar-refractivity contribution in [1.82, 2.24) is 14.7 Å². The van der Waals surface area contributed by atoms with Crippen molar-refractivity contribution in [2.24, 2.45) is 10.8 Å². The minimum atomic E-state index is -1.08. The minimum absolute atomic E-state index is 0.0342. The van der Waals surface area contributed by atoms with E-state index >= 15 is 4.39 Å². The van der Waals surface area contributed by atoms with Gasteiger partial charge in [0.1, 0.15) is 5.67 Å². The Bertz CT molecular complexity index is 531. The summed E-state index contributed by atoms with van der Waals surface area (Å²) < 4.78 is 16.4. The maximum atomic E-state index is 16.4. The Labute approximate surface area is 181 Å². The van der Waals surface area contributed by atoms with Gasteiger partial charge in [-0.25, -0.2) is 4.39 Å². The van der Waals surface area contributed by atoms with E-state index in [0.717, 1.165) is 52.1 Å². The number of rotatable bonds is 6. The first-order valence-electron chi connectivity index (χ1n) is 11.9. The standard InChI is InChI=1S/C25H50FN3/c1-21(2,3)19-23(6,7)28-13-11-25(26,12-14-28)22(4,5)20-24(8,9)29-17-15-27(10)16-18-29/h11-20H2,1-10H3. The lowest BCUT2D eigenvalue weighted by Crippen LogP contribution is -2.59. The molecule has 0 unspecified atom stereocenters. The van der Waals surface area contributed by atoms with Crippen molar-refractivity contribution in [3.05, 3.63) is 0 Å². The van der Waals surface area contributed by atoms with Gasteiger partial charge in [0.15, 0.2) is 0 Å². The van der Waals surface area contributed by atoms with Gasteiger partial charge in [0.25, 0.3) is 0 Å². The van der Waals surface area contributed by atoms with E-state index in [1.165, 1.54) is 0 Å². The zero-order chi connectivity index (χ0) is 22.3. The van der Waals surface area contributed by atoms with E-state index in [1.54, 1.807) is 0 Å². The fourth-order valence-corrected chi connectivity index (χ4v) is 6.32. The Balaban J connectivity index is 2.02. The van der Waals surface area contributed by atoms with Crippen LogP contribution in [0.2, 0.25) is 0 Å². The van der Waals surface area contributed by atoms with Crippen molar-refractivity contribution in [3.8, 4) is 0 Å². The Morgan fingerprint density at radius 2 is 1.07 bits per heavy atom. The molecule has 172 valence electrons. The van der Waals surface area contributed by atoms with Gasteiger partial charge in [-0.15, -0.1) is 0 Å². The van der Waals surface area contributed by atoms with Crippen molar-refractivity contribution in [1.29, 1.82) is 0 Å². The minimum Gasteiger partial charge on any atom is -0.304 e. The average molecular weight is 412 g/mol. The molecule has 0 radical (unpaired) electrons. The molecule has 0 spiro atoms. The average Bonchev–Trinajstić information content (AvgIpc) is 2.52.